The predicted molar refractivity (Wildman–Crippen MR) is 40.2 cm³/mol. The van der Waals surface area contributed by atoms with Crippen LogP contribution in [0.2, 0.25) is 0 Å². The number of hydrogen-bond acceptors (Lipinski definition) is 2. The van der Waals surface area contributed by atoms with Crippen molar-refractivity contribution in [3.8, 4) is 0 Å². The van der Waals surface area contributed by atoms with Crippen LogP contribution in [0, 0.1) is 0 Å². The van der Waals surface area contributed by atoms with Gasteiger partial charge in [0.2, 0.25) is 0 Å². The van der Waals surface area contributed by atoms with Crippen molar-refractivity contribution in [2.75, 3.05) is 0 Å². The Morgan fingerprint density at radius 1 is 1.70 bits per heavy atom. The quantitative estimate of drug-likeness (QED) is 0.572. The first-order valence-electron chi connectivity index (χ1n) is 2.86. The van der Waals surface area contributed by atoms with Gasteiger partial charge in [0.15, 0.2) is 0 Å². The first-order valence-corrected chi connectivity index (χ1v) is 4.31. The zero-order valence-electron chi connectivity index (χ0n) is 5.17. The van der Waals surface area contributed by atoms with Crippen molar-refractivity contribution in [3.63, 3.8) is 0 Å². The van der Waals surface area contributed by atoms with Crippen LogP contribution in [0.5, 0.6) is 0 Å². The molecule has 1 aliphatic rings. The van der Waals surface area contributed by atoms with Crippen LogP contribution in [0.25, 0.3) is 0 Å². The third kappa shape index (κ3) is 1.68. The van der Waals surface area contributed by atoms with Gasteiger partial charge in [-0.25, -0.2) is 0 Å². The molecule has 0 aliphatic heterocycles. The second kappa shape index (κ2) is 3.32. The van der Waals surface area contributed by atoms with Gasteiger partial charge in [-0.2, -0.15) is 0 Å². The van der Waals surface area contributed by atoms with Crippen LogP contribution < -0.4 is 0 Å². The van der Waals surface area contributed by atoms with Crippen LogP contribution in [0.3, 0.4) is 0 Å². The lowest BCUT2D eigenvalue weighted by atomic mass is 10.2. The summed E-state index contributed by atoms with van der Waals surface area (Å²) < 4.78 is 20.7. The molecule has 0 aromatic rings. The Kier molecular flexibility index (Phi) is 2.65. The lowest BCUT2D eigenvalue weighted by Crippen LogP contribution is -1.96. The van der Waals surface area contributed by atoms with Crippen LogP contribution >= 0.6 is 11.6 Å². The van der Waals surface area contributed by atoms with Gasteiger partial charge >= 0.3 is 0 Å². The fourth-order valence-corrected chi connectivity index (χ4v) is 1.61. The van der Waals surface area contributed by atoms with Crippen molar-refractivity contribution >= 4 is 22.7 Å². The summed E-state index contributed by atoms with van der Waals surface area (Å²) in [6, 6.07) is 0. The number of allylic oxidation sites excluding steroid dienone is 3. The average molecular weight is 178 g/mol. The van der Waals surface area contributed by atoms with Gasteiger partial charge in [-0.05, 0) is 23.9 Å². The Labute approximate surface area is 66.9 Å². The maximum absolute atomic E-state index is 10.4. The number of halogens is 1. The van der Waals surface area contributed by atoms with Crippen LogP contribution in [-0.4, -0.2) is 8.76 Å². The summed E-state index contributed by atoms with van der Waals surface area (Å²) in [6.45, 7) is 0. The molecule has 0 N–H and O–H groups in total. The van der Waals surface area contributed by atoms with Crippen molar-refractivity contribution in [2.24, 2.45) is 0 Å². The van der Waals surface area contributed by atoms with Crippen LogP contribution in [0.1, 0.15) is 12.8 Å². The molecule has 0 amide bonds. The fourth-order valence-electron chi connectivity index (χ4n) is 0.760. The molecule has 1 unspecified atom stereocenters. The SMILES string of the molecule is O=S([O-])C1=C(Cl)CCC=C1. The summed E-state index contributed by atoms with van der Waals surface area (Å²) in [6.07, 6.45) is 4.81. The molecule has 0 aromatic heterocycles. The smallest absolute Gasteiger partial charge is 0.0390 e. The summed E-state index contributed by atoms with van der Waals surface area (Å²) in [7, 11) is 0. The molecular formula is C6H6ClO2S-. The maximum Gasteiger partial charge on any atom is 0.0390 e. The standard InChI is InChI=1S/C6H7ClO2S/c7-5-3-1-2-4-6(5)10(8)9/h2,4H,1,3H2,(H,8,9)/p-1. The van der Waals surface area contributed by atoms with Crippen molar-refractivity contribution in [2.45, 2.75) is 12.8 Å². The van der Waals surface area contributed by atoms with Gasteiger partial charge in [0.25, 0.3) is 0 Å². The van der Waals surface area contributed by atoms with E-state index >= 15 is 0 Å². The van der Waals surface area contributed by atoms with Gasteiger partial charge in [0, 0.05) is 9.94 Å². The van der Waals surface area contributed by atoms with Crippen LogP contribution in [-0.2, 0) is 11.1 Å². The van der Waals surface area contributed by atoms with Gasteiger partial charge in [0.1, 0.15) is 0 Å². The molecule has 0 aromatic carbocycles. The molecule has 10 heavy (non-hydrogen) atoms. The largest absolute Gasteiger partial charge is 0.768 e. The summed E-state index contributed by atoms with van der Waals surface area (Å²) in [4.78, 5) is 0.230. The molecule has 0 saturated heterocycles. The Morgan fingerprint density at radius 2 is 2.40 bits per heavy atom. The van der Waals surface area contributed by atoms with Crippen molar-refractivity contribution in [1.29, 1.82) is 0 Å². The highest BCUT2D eigenvalue weighted by Crippen LogP contribution is 2.23. The highest BCUT2D eigenvalue weighted by molar-refractivity contribution is 7.83. The lowest BCUT2D eigenvalue weighted by molar-refractivity contribution is 0.544. The van der Waals surface area contributed by atoms with Gasteiger partial charge in [0.05, 0.1) is 0 Å². The third-order valence-corrected chi connectivity index (χ3v) is 2.49. The fraction of sp³-hybridized carbons (Fsp3) is 0.333. The van der Waals surface area contributed by atoms with E-state index in [0.29, 0.717) is 11.5 Å². The highest BCUT2D eigenvalue weighted by Gasteiger charge is 2.05. The van der Waals surface area contributed by atoms with Crippen molar-refractivity contribution in [1.82, 2.24) is 0 Å². The van der Waals surface area contributed by atoms with E-state index in [-0.39, 0.29) is 4.91 Å². The summed E-state index contributed by atoms with van der Waals surface area (Å²) in [5.74, 6) is 0. The van der Waals surface area contributed by atoms with Gasteiger partial charge < -0.3 is 4.55 Å². The monoisotopic (exact) mass is 177 g/mol. The normalized spacial score (nSPS) is 21.4. The van der Waals surface area contributed by atoms with Crippen LogP contribution in [0.15, 0.2) is 22.1 Å². The molecule has 56 valence electrons. The molecule has 0 fully saturated rings. The summed E-state index contributed by atoms with van der Waals surface area (Å²) in [5.41, 5.74) is 0. The average Bonchev–Trinajstić information content (AvgIpc) is 1.88. The maximum atomic E-state index is 10.4. The molecule has 0 spiro atoms. The number of rotatable bonds is 1. The van der Waals surface area contributed by atoms with E-state index in [2.05, 4.69) is 0 Å². The minimum Gasteiger partial charge on any atom is -0.768 e. The van der Waals surface area contributed by atoms with Crippen molar-refractivity contribution < 1.29 is 8.76 Å². The predicted octanol–water partition coefficient (Wildman–Crippen LogP) is 1.67. The molecule has 4 heteroatoms. The first-order chi connectivity index (χ1) is 4.72. The Hall–Kier alpha value is -0.120. The van der Waals surface area contributed by atoms with E-state index in [1.165, 1.54) is 6.08 Å². The topological polar surface area (TPSA) is 40.1 Å². The third-order valence-electron chi connectivity index (χ3n) is 1.25. The van der Waals surface area contributed by atoms with Gasteiger partial charge in [-0.3, -0.25) is 4.21 Å². The van der Waals surface area contributed by atoms with E-state index in [4.69, 9.17) is 11.6 Å². The Bertz CT molecular complexity index is 220. The molecular weight excluding hydrogens is 172 g/mol. The van der Waals surface area contributed by atoms with Crippen LogP contribution in [0.4, 0.5) is 0 Å². The number of hydrogen-bond donors (Lipinski definition) is 0. The zero-order chi connectivity index (χ0) is 7.56. The molecule has 0 heterocycles. The molecule has 0 bridgehead atoms. The first kappa shape index (κ1) is 7.98. The van der Waals surface area contributed by atoms with E-state index in [9.17, 15) is 8.76 Å². The summed E-state index contributed by atoms with van der Waals surface area (Å²) in [5, 5.41) is 0.441. The molecule has 0 radical (unpaired) electrons. The van der Waals surface area contributed by atoms with Gasteiger partial charge in [-0.15, -0.1) is 0 Å². The second-order valence-electron chi connectivity index (χ2n) is 1.94. The second-order valence-corrected chi connectivity index (χ2v) is 3.31. The van der Waals surface area contributed by atoms with E-state index in [0.717, 1.165) is 6.42 Å². The Morgan fingerprint density at radius 3 is 2.80 bits per heavy atom. The van der Waals surface area contributed by atoms with Crippen molar-refractivity contribution in [3.05, 3.63) is 22.1 Å². The summed E-state index contributed by atoms with van der Waals surface area (Å²) >= 11 is 3.44. The molecule has 1 rings (SSSR count). The lowest BCUT2D eigenvalue weighted by Gasteiger charge is -2.12. The molecule has 1 atom stereocenters. The Balaban J connectivity index is 2.90. The highest BCUT2D eigenvalue weighted by atomic mass is 35.5. The molecule has 2 nitrogen and oxygen atoms in total. The van der Waals surface area contributed by atoms with E-state index in [1.807, 2.05) is 0 Å². The van der Waals surface area contributed by atoms with E-state index in [1.54, 1.807) is 6.08 Å². The zero-order valence-corrected chi connectivity index (χ0v) is 6.74. The van der Waals surface area contributed by atoms with E-state index < -0.39 is 11.1 Å². The molecule has 1 aliphatic carbocycles. The van der Waals surface area contributed by atoms with Gasteiger partial charge in [-0.1, -0.05) is 23.8 Å². The molecule has 0 saturated carbocycles. The minimum atomic E-state index is -2.17. The minimum absolute atomic E-state index is 0.230.